The molecule has 0 saturated heterocycles. The molecule has 1 aromatic heterocycles. The third-order valence-corrected chi connectivity index (χ3v) is 3.74. The van der Waals surface area contributed by atoms with Crippen molar-refractivity contribution >= 4 is 11.3 Å². The summed E-state index contributed by atoms with van der Waals surface area (Å²) in [4.78, 5) is 4.44. The zero-order valence-corrected chi connectivity index (χ0v) is 12.7. The van der Waals surface area contributed by atoms with Gasteiger partial charge < -0.3 is 5.32 Å². The van der Waals surface area contributed by atoms with Gasteiger partial charge in [0, 0.05) is 17.5 Å². The van der Waals surface area contributed by atoms with Crippen LogP contribution in [0.5, 0.6) is 0 Å². The minimum absolute atomic E-state index is 0.569. The topological polar surface area (TPSA) is 24.9 Å². The van der Waals surface area contributed by atoms with E-state index in [1.165, 1.54) is 23.5 Å². The van der Waals surface area contributed by atoms with Gasteiger partial charge in [0.2, 0.25) is 0 Å². The van der Waals surface area contributed by atoms with E-state index in [0.717, 1.165) is 29.4 Å². The summed E-state index contributed by atoms with van der Waals surface area (Å²) in [6.07, 6.45) is -4.30. The molecule has 1 N–H and O–H groups in total. The molecule has 0 unspecified atom stereocenters. The molecule has 2 nitrogen and oxygen atoms in total. The molecule has 0 spiro atoms. The second-order valence-corrected chi connectivity index (χ2v) is 6.17. The van der Waals surface area contributed by atoms with Gasteiger partial charge in [0.25, 0.3) is 0 Å². The third kappa shape index (κ3) is 4.54. The lowest BCUT2D eigenvalue weighted by Gasteiger charge is -2.06. The monoisotopic (exact) mass is 314 g/mol. The van der Waals surface area contributed by atoms with Crippen LogP contribution in [0.1, 0.15) is 24.4 Å². The quantitative estimate of drug-likeness (QED) is 0.874. The third-order valence-electron chi connectivity index (χ3n) is 2.89. The van der Waals surface area contributed by atoms with Gasteiger partial charge in [0.1, 0.15) is 5.01 Å². The lowest BCUT2D eigenvalue weighted by Crippen LogP contribution is -2.18. The molecular weight excluding hydrogens is 297 g/mol. The highest BCUT2D eigenvalue weighted by atomic mass is 32.1. The largest absolute Gasteiger partial charge is 0.416 e. The summed E-state index contributed by atoms with van der Waals surface area (Å²) in [5, 5.41) is 6.10. The number of hydrogen-bond acceptors (Lipinski definition) is 3. The molecule has 0 aliphatic heterocycles. The highest BCUT2D eigenvalue weighted by molar-refractivity contribution is 7.09. The van der Waals surface area contributed by atoms with Crippen LogP contribution in [-0.2, 0) is 12.7 Å². The van der Waals surface area contributed by atoms with Crippen LogP contribution in [0.15, 0.2) is 29.6 Å². The fourth-order valence-corrected chi connectivity index (χ4v) is 2.60. The Hall–Kier alpha value is -1.40. The number of halogens is 3. The van der Waals surface area contributed by atoms with E-state index in [1.54, 1.807) is 0 Å². The first-order valence-corrected chi connectivity index (χ1v) is 7.57. The Balaban J connectivity index is 2.04. The summed E-state index contributed by atoms with van der Waals surface area (Å²) in [5.41, 5.74) is 0.782. The van der Waals surface area contributed by atoms with Gasteiger partial charge in [-0.05, 0) is 24.6 Å². The van der Waals surface area contributed by atoms with Gasteiger partial charge in [-0.2, -0.15) is 13.2 Å². The van der Waals surface area contributed by atoms with Crippen molar-refractivity contribution in [3.63, 3.8) is 0 Å². The Morgan fingerprint density at radius 2 is 1.86 bits per heavy atom. The van der Waals surface area contributed by atoms with Crippen molar-refractivity contribution in [3.05, 3.63) is 40.2 Å². The summed E-state index contributed by atoms with van der Waals surface area (Å²) < 4.78 is 37.5. The van der Waals surface area contributed by atoms with E-state index in [1.807, 2.05) is 5.38 Å². The van der Waals surface area contributed by atoms with E-state index in [4.69, 9.17) is 0 Å². The van der Waals surface area contributed by atoms with Gasteiger partial charge in [-0.25, -0.2) is 4.98 Å². The zero-order chi connectivity index (χ0) is 15.5. The number of aromatic nitrogens is 1. The molecule has 0 saturated carbocycles. The second-order valence-electron chi connectivity index (χ2n) is 5.23. The standard InChI is InChI=1S/C15H17F3N2S/c1-10(2)7-19-8-14-20-13(9-21-14)11-3-5-12(6-4-11)15(16,17)18/h3-6,9-10,19H,7-8H2,1-2H3. The first-order valence-electron chi connectivity index (χ1n) is 6.69. The van der Waals surface area contributed by atoms with E-state index < -0.39 is 11.7 Å². The Morgan fingerprint density at radius 1 is 1.19 bits per heavy atom. The van der Waals surface area contributed by atoms with Crippen LogP contribution >= 0.6 is 11.3 Å². The molecule has 0 fully saturated rings. The Morgan fingerprint density at radius 3 is 2.43 bits per heavy atom. The Bertz CT molecular complexity index is 573. The summed E-state index contributed by atoms with van der Waals surface area (Å²) in [6, 6.07) is 5.10. The van der Waals surface area contributed by atoms with Crippen LogP contribution in [0.2, 0.25) is 0 Å². The predicted molar refractivity (Wildman–Crippen MR) is 79.1 cm³/mol. The zero-order valence-electron chi connectivity index (χ0n) is 11.9. The van der Waals surface area contributed by atoms with Gasteiger partial charge in [-0.3, -0.25) is 0 Å². The van der Waals surface area contributed by atoms with Crippen molar-refractivity contribution in [2.45, 2.75) is 26.6 Å². The van der Waals surface area contributed by atoms with Gasteiger partial charge in [-0.15, -0.1) is 11.3 Å². The SMILES string of the molecule is CC(C)CNCc1nc(-c2ccc(C(F)(F)F)cc2)cs1. The minimum Gasteiger partial charge on any atom is -0.310 e. The average molecular weight is 314 g/mol. The van der Waals surface area contributed by atoms with Crippen LogP contribution < -0.4 is 5.32 Å². The Kier molecular flexibility index (Phi) is 5.00. The lowest BCUT2D eigenvalue weighted by molar-refractivity contribution is -0.137. The molecule has 0 aliphatic rings. The summed E-state index contributed by atoms with van der Waals surface area (Å²) in [7, 11) is 0. The molecule has 2 rings (SSSR count). The second kappa shape index (κ2) is 6.58. The van der Waals surface area contributed by atoms with E-state index in [2.05, 4.69) is 24.1 Å². The van der Waals surface area contributed by atoms with Crippen LogP contribution in [0.4, 0.5) is 13.2 Å². The molecule has 0 bridgehead atoms. The van der Waals surface area contributed by atoms with Crippen molar-refractivity contribution < 1.29 is 13.2 Å². The average Bonchev–Trinajstić information content (AvgIpc) is 2.86. The first-order chi connectivity index (χ1) is 9.86. The summed E-state index contributed by atoms with van der Waals surface area (Å²) in [6.45, 7) is 5.85. The number of thiazole rings is 1. The normalized spacial score (nSPS) is 12.1. The fourth-order valence-electron chi connectivity index (χ4n) is 1.82. The maximum absolute atomic E-state index is 12.5. The number of nitrogens with zero attached hydrogens (tertiary/aromatic N) is 1. The van der Waals surface area contributed by atoms with Crippen molar-refractivity contribution in [2.75, 3.05) is 6.54 Å². The van der Waals surface area contributed by atoms with E-state index in [-0.39, 0.29) is 0 Å². The van der Waals surface area contributed by atoms with Crippen LogP contribution in [-0.4, -0.2) is 11.5 Å². The molecule has 2 aromatic rings. The maximum atomic E-state index is 12.5. The molecule has 0 aliphatic carbocycles. The van der Waals surface area contributed by atoms with Crippen molar-refractivity contribution in [3.8, 4) is 11.3 Å². The number of rotatable bonds is 5. The van der Waals surface area contributed by atoms with Gasteiger partial charge in [-0.1, -0.05) is 26.0 Å². The molecule has 1 heterocycles. The van der Waals surface area contributed by atoms with Crippen LogP contribution in [0.25, 0.3) is 11.3 Å². The van der Waals surface area contributed by atoms with Crippen molar-refractivity contribution in [1.82, 2.24) is 10.3 Å². The molecule has 6 heteroatoms. The van der Waals surface area contributed by atoms with Crippen molar-refractivity contribution in [2.24, 2.45) is 5.92 Å². The minimum atomic E-state index is -4.30. The smallest absolute Gasteiger partial charge is 0.310 e. The van der Waals surface area contributed by atoms with E-state index in [9.17, 15) is 13.2 Å². The number of benzene rings is 1. The maximum Gasteiger partial charge on any atom is 0.416 e. The van der Waals surface area contributed by atoms with Gasteiger partial charge >= 0.3 is 6.18 Å². The van der Waals surface area contributed by atoms with Crippen LogP contribution in [0.3, 0.4) is 0 Å². The van der Waals surface area contributed by atoms with E-state index in [0.29, 0.717) is 18.0 Å². The van der Waals surface area contributed by atoms with E-state index >= 15 is 0 Å². The van der Waals surface area contributed by atoms with Crippen molar-refractivity contribution in [1.29, 1.82) is 0 Å². The summed E-state index contributed by atoms with van der Waals surface area (Å²) in [5.74, 6) is 0.569. The highest BCUT2D eigenvalue weighted by Gasteiger charge is 2.30. The van der Waals surface area contributed by atoms with Crippen LogP contribution in [0, 0.1) is 5.92 Å². The molecule has 0 atom stereocenters. The fraction of sp³-hybridized carbons (Fsp3) is 0.400. The van der Waals surface area contributed by atoms with Gasteiger partial charge in [0.15, 0.2) is 0 Å². The molecular formula is C15H17F3N2S. The predicted octanol–water partition coefficient (Wildman–Crippen LogP) is 4.57. The lowest BCUT2D eigenvalue weighted by atomic mass is 10.1. The Labute approximate surface area is 126 Å². The number of hydrogen-bond donors (Lipinski definition) is 1. The number of alkyl halides is 3. The molecule has 21 heavy (non-hydrogen) atoms. The van der Waals surface area contributed by atoms with Gasteiger partial charge in [0.05, 0.1) is 11.3 Å². The first kappa shape index (κ1) is 16.0. The molecule has 0 radical (unpaired) electrons. The number of nitrogens with one attached hydrogen (secondary N) is 1. The molecule has 1 aromatic carbocycles. The summed E-state index contributed by atoms with van der Waals surface area (Å²) >= 11 is 1.51. The molecule has 114 valence electrons. The highest BCUT2D eigenvalue weighted by Crippen LogP contribution is 2.31. The molecule has 0 amide bonds.